The molecule has 0 aromatic carbocycles. The fourth-order valence-corrected chi connectivity index (χ4v) is 6.65. The van der Waals surface area contributed by atoms with Crippen LogP contribution in [0.3, 0.4) is 0 Å². The van der Waals surface area contributed by atoms with Crippen molar-refractivity contribution in [2.24, 2.45) is 27.6 Å². The molecule has 0 saturated heterocycles. The van der Waals surface area contributed by atoms with E-state index in [1.165, 1.54) is 0 Å². The van der Waals surface area contributed by atoms with E-state index in [9.17, 15) is 9.90 Å². The molecular weight excluding hydrogens is 312 g/mol. The van der Waals surface area contributed by atoms with Crippen LogP contribution in [0.15, 0.2) is 24.8 Å². The van der Waals surface area contributed by atoms with Crippen molar-refractivity contribution >= 4 is 5.97 Å². The second-order valence-electron chi connectivity index (χ2n) is 9.32. The second-order valence-corrected chi connectivity index (χ2v) is 9.32. The van der Waals surface area contributed by atoms with E-state index in [-0.39, 0.29) is 28.1 Å². The summed E-state index contributed by atoms with van der Waals surface area (Å²) >= 11 is 0. The lowest BCUT2D eigenvalue weighted by molar-refractivity contribution is -0.202. The van der Waals surface area contributed by atoms with Crippen molar-refractivity contribution in [3.8, 4) is 0 Å². The number of aliphatic hydroxyl groups excluding tert-OH is 1. The molecule has 2 bridgehead atoms. The van der Waals surface area contributed by atoms with E-state index in [1.807, 2.05) is 13.0 Å². The Labute approximate surface area is 152 Å². The molecule has 0 aliphatic heterocycles. The van der Waals surface area contributed by atoms with Crippen molar-refractivity contribution < 1.29 is 14.6 Å². The van der Waals surface area contributed by atoms with Crippen LogP contribution < -0.4 is 0 Å². The van der Waals surface area contributed by atoms with Gasteiger partial charge in [0.2, 0.25) is 0 Å². The van der Waals surface area contributed by atoms with E-state index in [0.717, 1.165) is 37.7 Å². The molecule has 0 heterocycles. The molecular formula is C22H34O3. The number of fused-ring (bicyclic) bond motifs is 4. The molecule has 0 unspecified atom stereocenters. The first kappa shape index (κ1) is 18.7. The molecule has 3 aliphatic carbocycles. The van der Waals surface area contributed by atoms with E-state index in [2.05, 4.69) is 33.9 Å². The van der Waals surface area contributed by atoms with Gasteiger partial charge in [0, 0.05) is 5.41 Å². The molecule has 6 atom stereocenters. The van der Waals surface area contributed by atoms with E-state index >= 15 is 0 Å². The minimum atomic E-state index is -0.636. The quantitative estimate of drug-likeness (QED) is 0.597. The number of aliphatic hydroxyl groups is 1. The zero-order valence-corrected chi connectivity index (χ0v) is 16.4. The van der Waals surface area contributed by atoms with Gasteiger partial charge in [-0.15, -0.1) is 6.58 Å². The SMILES string of the molecule is C=C[C@]1(C)[C@@H](O)CC[C@@]2(C)[C@H]1C[C@]1(C)CCC[C@@]2(C(=O)OCC)C1=C. The third-order valence-corrected chi connectivity index (χ3v) is 8.39. The van der Waals surface area contributed by atoms with Crippen molar-refractivity contribution in [3.63, 3.8) is 0 Å². The first-order valence-corrected chi connectivity index (χ1v) is 9.81. The van der Waals surface area contributed by atoms with E-state index in [0.29, 0.717) is 13.0 Å². The Kier molecular flexibility index (Phi) is 4.27. The summed E-state index contributed by atoms with van der Waals surface area (Å²) in [7, 11) is 0. The van der Waals surface area contributed by atoms with Crippen LogP contribution in [0, 0.1) is 27.6 Å². The predicted molar refractivity (Wildman–Crippen MR) is 99.9 cm³/mol. The molecule has 0 amide bonds. The number of esters is 1. The normalized spacial score (nSPS) is 49.2. The van der Waals surface area contributed by atoms with Gasteiger partial charge in [-0.05, 0) is 55.8 Å². The summed E-state index contributed by atoms with van der Waals surface area (Å²) in [6.07, 6.45) is 6.92. The highest BCUT2D eigenvalue weighted by molar-refractivity contribution is 5.83. The fraction of sp³-hybridized carbons (Fsp3) is 0.773. The molecule has 0 radical (unpaired) electrons. The van der Waals surface area contributed by atoms with Gasteiger partial charge in [-0.2, -0.15) is 0 Å². The minimum Gasteiger partial charge on any atom is -0.465 e. The van der Waals surface area contributed by atoms with Crippen LogP contribution in [0.4, 0.5) is 0 Å². The lowest BCUT2D eigenvalue weighted by Crippen LogP contribution is -2.66. The Balaban J connectivity index is 2.22. The largest absolute Gasteiger partial charge is 0.465 e. The van der Waals surface area contributed by atoms with Crippen LogP contribution in [0.5, 0.6) is 0 Å². The molecule has 0 aromatic rings. The number of hydrogen-bond acceptors (Lipinski definition) is 3. The molecule has 0 spiro atoms. The van der Waals surface area contributed by atoms with Gasteiger partial charge in [0.25, 0.3) is 0 Å². The van der Waals surface area contributed by atoms with E-state index in [1.54, 1.807) is 0 Å². The zero-order valence-electron chi connectivity index (χ0n) is 16.4. The van der Waals surface area contributed by atoms with Crippen molar-refractivity contribution in [2.75, 3.05) is 6.61 Å². The molecule has 3 fully saturated rings. The van der Waals surface area contributed by atoms with Crippen LogP contribution in [-0.4, -0.2) is 23.8 Å². The smallest absolute Gasteiger partial charge is 0.316 e. The zero-order chi connectivity index (χ0) is 18.7. The summed E-state index contributed by atoms with van der Waals surface area (Å²) in [6, 6.07) is 0. The molecule has 3 aliphatic rings. The highest BCUT2D eigenvalue weighted by atomic mass is 16.5. The molecule has 3 nitrogen and oxygen atoms in total. The maximum atomic E-state index is 13.4. The average molecular weight is 347 g/mol. The first-order chi connectivity index (χ1) is 11.6. The fourth-order valence-electron chi connectivity index (χ4n) is 6.65. The summed E-state index contributed by atoms with van der Waals surface area (Å²) in [4.78, 5) is 13.4. The Morgan fingerprint density at radius 3 is 2.60 bits per heavy atom. The third-order valence-electron chi connectivity index (χ3n) is 8.39. The number of carbonyl (C=O) groups excluding carboxylic acids is 1. The molecule has 3 rings (SSSR count). The number of rotatable bonds is 3. The van der Waals surface area contributed by atoms with E-state index < -0.39 is 11.5 Å². The monoisotopic (exact) mass is 346 g/mol. The topological polar surface area (TPSA) is 46.5 Å². The standard InChI is InChI=1S/C22H34O3/c1-7-20(5)16-14-19(4)11-9-12-22(15(19)3,18(24)25-8-2)21(16,6)13-10-17(20)23/h7,16-17,23H,1,3,8-14H2,2,4-6H3/t16-,17-,19-,20-,21-,22-/m0/s1. The molecule has 0 aromatic heterocycles. The Morgan fingerprint density at radius 2 is 2.00 bits per heavy atom. The lowest BCUT2D eigenvalue weighted by Gasteiger charge is -2.68. The number of ether oxygens (including phenoxy) is 1. The second kappa shape index (κ2) is 5.70. The molecule has 140 valence electrons. The van der Waals surface area contributed by atoms with Gasteiger partial charge >= 0.3 is 5.97 Å². The van der Waals surface area contributed by atoms with Crippen LogP contribution >= 0.6 is 0 Å². The Bertz CT molecular complexity index is 610. The minimum absolute atomic E-state index is 0.0729. The summed E-state index contributed by atoms with van der Waals surface area (Å²) < 4.78 is 5.63. The molecule has 3 heteroatoms. The lowest BCUT2D eigenvalue weighted by atomic mass is 9.34. The van der Waals surface area contributed by atoms with Gasteiger partial charge in [-0.1, -0.05) is 45.4 Å². The van der Waals surface area contributed by atoms with Crippen LogP contribution in [0.1, 0.15) is 66.2 Å². The van der Waals surface area contributed by atoms with Crippen LogP contribution in [0.25, 0.3) is 0 Å². The summed E-state index contributed by atoms with van der Waals surface area (Å²) in [5.74, 6) is 0.0994. The highest BCUT2D eigenvalue weighted by Gasteiger charge is 2.71. The van der Waals surface area contributed by atoms with Gasteiger partial charge < -0.3 is 9.84 Å². The highest BCUT2D eigenvalue weighted by Crippen LogP contribution is 2.74. The van der Waals surface area contributed by atoms with Crippen molar-refractivity contribution in [3.05, 3.63) is 24.8 Å². The maximum Gasteiger partial charge on any atom is 0.316 e. The van der Waals surface area contributed by atoms with Gasteiger partial charge in [0.1, 0.15) is 0 Å². The van der Waals surface area contributed by atoms with Gasteiger partial charge in [-0.25, -0.2) is 0 Å². The first-order valence-electron chi connectivity index (χ1n) is 9.81. The average Bonchev–Trinajstić information content (AvgIpc) is 2.57. The third kappa shape index (κ3) is 2.11. The van der Waals surface area contributed by atoms with Gasteiger partial charge in [0.15, 0.2) is 0 Å². The number of carbonyl (C=O) groups is 1. The molecule has 1 N–H and O–H groups in total. The van der Waals surface area contributed by atoms with Crippen molar-refractivity contribution in [1.29, 1.82) is 0 Å². The van der Waals surface area contributed by atoms with Gasteiger partial charge in [0.05, 0.1) is 18.1 Å². The molecule has 25 heavy (non-hydrogen) atoms. The summed E-state index contributed by atoms with van der Waals surface area (Å²) in [6.45, 7) is 17.5. The Morgan fingerprint density at radius 1 is 1.32 bits per heavy atom. The summed E-state index contributed by atoms with van der Waals surface area (Å²) in [5, 5.41) is 10.8. The molecule has 3 saturated carbocycles. The van der Waals surface area contributed by atoms with Crippen LogP contribution in [-0.2, 0) is 9.53 Å². The van der Waals surface area contributed by atoms with Gasteiger partial charge in [-0.3, -0.25) is 4.79 Å². The van der Waals surface area contributed by atoms with E-state index in [4.69, 9.17) is 4.74 Å². The predicted octanol–water partition coefficient (Wildman–Crippen LogP) is 4.66. The van der Waals surface area contributed by atoms with Crippen molar-refractivity contribution in [1.82, 2.24) is 0 Å². The van der Waals surface area contributed by atoms with Crippen molar-refractivity contribution in [2.45, 2.75) is 72.3 Å². The number of hydrogen-bond donors (Lipinski definition) is 1. The Hall–Kier alpha value is -1.09. The summed E-state index contributed by atoms with van der Waals surface area (Å²) in [5.41, 5.74) is -0.270. The van der Waals surface area contributed by atoms with Crippen LogP contribution in [0.2, 0.25) is 0 Å². The maximum absolute atomic E-state index is 13.4.